The number of aromatic nitrogens is 2. The molecule has 3 rings (SSSR count). The summed E-state index contributed by atoms with van der Waals surface area (Å²) in [5.41, 5.74) is 0.542. The molecule has 0 atom stereocenters. The molecular formula is C16H8ClF3N2O. The van der Waals surface area contributed by atoms with E-state index in [0.717, 1.165) is 16.8 Å². The van der Waals surface area contributed by atoms with E-state index in [0.29, 0.717) is 17.9 Å². The van der Waals surface area contributed by atoms with Crippen LogP contribution < -0.4 is 0 Å². The third-order valence-electron chi connectivity index (χ3n) is 3.24. The van der Waals surface area contributed by atoms with Crippen LogP contribution in [0, 0.1) is 17.5 Å². The molecule has 3 aromatic rings. The van der Waals surface area contributed by atoms with Crippen molar-refractivity contribution in [1.29, 1.82) is 0 Å². The van der Waals surface area contributed by atoms with E-state index in [1.54, 1.807) is 0 Å². The van der Waals surface area contributed by atoms with Gasteiger partial charge in [0.25, 0.3) is 0 Å². The van der Waals surface area contributed by atoms with Gasteiger partial charge in [0.1, 0.15) is 28.2 Å². The molecule has 0 aliphatic rings. The molecule has 0 saturated heterocycles. The Bertz CT molecular complexity index is 891. The zero-order chi connectivity index (χ0) is 16.6. The van der Waals surface area contributed by atoms with Gasteiger partial charge in [-0.25, -0.2) is 17.9 Å². The second-order valence-corrected chi connectivity index (χ2v) is 5.04. The average Bonchev–Trinajstić information content (AvgIpc) is 2.85. The van der Waals surface area contributed by atoms with Gasteiger partial charge in [-0.05, 0) is 36.4 Å². The molecule has 1 heterocycles. The van der Waals surface area contributed by atoms with Gasteiger partial charge in [-0.1, -0.05) is 11.6 Å². The first-order valence-electron chi connectivity index (χ1n) is 6.46. The standard InChI is InChI=1S/C16H8ClF3N2O/c17-16-12(8-23)15(9-1-3-10(18)4-2-9)21-22(16)14-6-5-11(19)7-13(14)20/h1-8H. The van der Waals surface area contributed by atoms with Gasteiger partial charge in [-0.15, -0.1) is 0 Å². The summed E-state index contributed by atoms with van der Waals surface area (Å²) in [5.74, 6) is -2.07. The lowest BCUT2D eigenvalue weighted by Gasteiger charge is -2.04. The van der Waals surface area contributed by atoms with E-state index in [2.05, 4.69) is 5.10 Å². The molecule has 0 radical (unpaired) electrons. The summed E-state index contributed by atoms with van der Waals surface area (Å²) in [6.45, 7) is 0. The molecule has 0 amide bonds. The second kappa shape index (κ2) is 5.89. The van der Waals surface area contributed by atoms with Gasteiger partial charge >= 0.3 is 0 Å². The van der Waals surface area contributed by atoms with Crippen LogP contribution in [0.5, 0.6) is 0 Å². The third-order valence-corrected chi connectivity index (χ3v) is 3.60. The minimum absolute atomic E-state index is 0.0296. The highest BCUT2D eigenvalue weighted by atomic mass is 35.5. The van der Waals surface area contributed by atoms with Crippen molar-refractivity contribution in [3.63, 3.8) is 0 Å². The highest BCUT2D eigenvalue weighted by Gasteiger charge is 2.20. The summed E-state index contributed by atoms with van der Waals surface area (Å²) in [6.07, 6.45) is 0.478. The molecule has 0 spiro atoms. The summed E-state index contributed by atoms with van der Waals surface area (Å²) in [5, 5.41) is 3.99. The van der Waals surface area contributed by atoms with Gasteiger partial charge in [0.15, 0.2) is 12.1 Å². The number of hydrogen-bond donors (Lipinski definition) is 0. The first kappa shape index (κ1) is 15.3. The summed E-state index contributed by atoms with van der Waals surface area (Å²) in [4.78, 5) is 11.3. The Morgan fingerprint density at radius 3 is 2.26 bits per heavy atom. The lowest BCUT2D eigenvalue weighted by atomic mass is 10.1. The fourth-order valence-corrected chi connectivity index (χ4v) is 2.41. The van der Waals surface area contributed by atoms with Crippen LogP contribution in [0.3, 0.4) is 0 Å². The van der Waals surface area contributed by atoms with E-state index < -0.39 is 17.5 Å². The van der Waals surface area contributed by atoms with Crippen molar-refractivity contribution in [2.75, 3.05) is 0 Å². The van der Waals surface area contributed by atoms with E-state index in [1.807, 2.05) is 0 Å². The third kappa shape index (κ3) is 2.73. The number of halogens is 4. The lowest BCUT2D eigenvalue weighted by Crippen LogP contribution is -2.00. The molecular weight excluding hydrogens is 329 g/mol. The predicted octanol–water partition coefficient (Wildman–Crippen LogP) is 4.42. The van der Waals surface area contributed by atoms with Crippen molar-refractivity contribution in [3.8, 4) is 16.9 Å². The van der Waals surface area contributed by atoms with Crippen molar-refractivity contribution in [1.82, 2.24) is 9.78 Å². The van der Waals surface area contributed by atoms with E-state index in [1.165, 1.54) is 24.3 Å². The molecule has 116 valence electrons. The van der Waals surface area contributed by atoms with Crippen LogP contribution >= 0.6 is 11.6 Å². The minimum atomic E-state index is -0.877. The lowest BCUT2D eigenvalue weighted by molar-refractivity contribution is 0.112. The Balaban J connectivity index is 2.20. The number of aldehydes is 1. The van der Waals surface area contributed by atoms with Gasteiger partial charge in [-0.3, -0.25) is 4.79 Å². The zero-order valence-electron chi connectivity index (χ0n) is 11.4. The van der Waals surface area contributed by atoms with Crippen molar-refractivity contribution >= 4 is 17.9 Å². The Hall–Kier alpha value is -2.60. The molecule has 0 fully saturated rings. The number of hydrogen-bond acceptors (Lipinski definition) is 2. The normalized spacial score (nSPS) is 10.8. The molecule has 0 saturated carbocycles. The molecule has 0 N–H and O–H groups in total. The van der Waals surface area contributed by atoms with Crippen LogP contribution in [0.15, 0.2) is 42.5 Å². The molecule has 0 bridgehead atoms. The van der Waals surface area contributed by atoms with Crippen LogP contribution in [0.2, 0.25) is 5.15 Å². The van der Waals surface area contributed by atoms with E-state index >= 15 is 0 Å². The topological polar surface area (TPSA) is 34.9 Å². The van der Waals surface area contributed by atoms with Gasteiger partial charge in [0.2, 0.25) is 0 Å². The average molecular weight is 337 g/mol. The molecule has 0 aliphatic carbocycles. The second-order valence-electron chi connectivity index (χ2n) is 4.69. The molecule has 3 nitrogen and oxygen atoms in total. The van der Waals surface area contributed by atoms with Crippen LogP contribution in [0.1, 0.15) is 10.4 Å². The summed E-state index contributed by atoms with van der Waals surface area (Å²) in [7, 11) is 0. The highest BCUT2D eigenvalue weighted by Crippen LogP contribution is 2.30. The van der Waals surface area contributed by atoms with Crippen molar-refractivity contribution < 1.29 is 18.0 Å². The number of benzene rings is 2. The number of carbonyl (C=O) groups excluding carboxylic acids is 1. The summed E-state index contributed by atoms with van der Waals surface area (Å²) < 4.78 is 41.0. The van der Waals surface area contributed by atoms with Crippen molar-refractivity contribution in [3.05, 3.63) is 70.6 Å². The predicted molar refractivity (Wildman–Crippen MR) is 79.3 cm³/mol. The first-order valence-corrected chi connectivity index (χ1v) is 6.84. The highest BCUT2D eigenvalue weighted by molar-refractivity contribution is 6.32. The van der Waals surface area contributed by atoms with Crippen molar-refractivity contribution in [2.45, 2.75) is 0 Å². The zero-order valence-corrected chi connectivity index (χ0v) is 12.2. The number of nitrogens with zero attached hydrogens (tertiary/aromatic N) is 2. The molecule has 2 aromatic carbocycles. The monoisotopic (exact) mass is 336 g/mol. The van der Waals surface area contributed by atoms with Crippen LogP contribution in [-0.2, 0) is 0 Å². The minimum Gasteiger partial charge on any atom is -0.298 e. The molecule has 0 unspecified atom stereocenters. The molecule has 0 aliphatic heterocycles. The fourth-order valence-electron chi connectivity index (χ4n) is 2.15. The van der Waals surface area contributed by atoms with Crippen LogP contribution in [0.25, 0.3) is 16.9 Å². The Morgan fingerprint density at radius 1 is 1.00 bits per heavy atom. The summed E-state index contributed by atoms with van der Waals surface area (Å²) >= 11 is 6.09. The maximum atomic E-state index is 13.9. The maximum absolute atomic E-state index is 13.9. The first-order chi connectivity index (χ1) is 11.0. The van der Waals surface area contributed by atoms with Crippen LogP contribution in [0.4, 0.5) is 13.2 Å². The SMILES string of the molecule is O=Cc1c(-c2ccc(F)cc2)nn(-c2ccc(F)cc2F)c1Cl. The van der Waals surface area contributed by atoms with Crippen LogP contribution in [-0.4, -0.2) is 16.1 Å². The Labute approximate surface area is 133 Å². The van der Waals surface area contributed by atoms with Crippen molar-refractivity contribution in [2.24, 2.45) is 0 Å². The van der Waals surface area contributed by atoms with Gasteiger partial charge in [-0.2, -0.15) is 5.10 Å². The summed E-state index contributed by atoms with van der Waals surface area (Å²) in [6, 6.07) is 8.15. The molecule has 7 heteroatoms. The molecule has 1 aromatic heterocycles. The Morgan fingerprint density at radius 2 is 1.65 bits per heavy atom. The van der Waals surface area contributed by atoms with Gasteiger partial charge < -0.3 is 0 Å². The molecule has 23 heavy (non-hydrogen) atoms. The number of carbonyl (C=O) groups is 1. The van der Waals surface area contributed by atoms with Gasteiger partial charge in [0, 0.05) is 11.6 Å². The maximum Gasteiger partial charge on any atom is 0.155 e. The smallest absolute Gasteiger partial charge is 0.155 e. The number of rotatable bonds is 3. The fraction of sp³-hybridized carbons (Fsp3) is 0. The van der Waals surface area contributed by atoms with E-state index in [4.69, 9.17) is 11.6 Å². The van der Waals surface area contributed by atoms with E-state index in [-0.39, 0.29) is 22.1 Å². The largest absolute Gasteiger partial charge is 0.298 e. The van der Waals surface area contributed by atoms with Gasteiger partial charge in [0.05, 0.1) is 5.56 Å². The van der Waals surface area contributed by atoms with E-state index in [9.17, 15) is 18.0 Å². The quantitative estimate of drug-likeness (QED) is 0.663. The Kier molecular flexibility index (Phi) is 3.92.